The van der Waals surface area contributed by atoms with Gasteiger partial charge in [0.1, 0.15) is 0 Å². The zero-order valence-corrected chi connectivity index (χ0v) is 11.6. The zero-order valence-electron chi connectivity index (χ0n) is 10.8. The van der Waals surface area contributed by atoms with Gasteiger partial charge in [-0.3, -0.25) is 4.90 Å². The minimum atomic E-state index is 0.351. The highest BCUT2D eigenvalue weighted by Crippen LogP contribution is 2.17. The van der Waals surface area contributed by atoms with E-state index in [1.807, 2.05) is 11.8 Å². The third-order valence-electron chi connectivity index (χ3n) is 3.20. The van der Waals surface area contributed by atoms with E-state index in [1.165, 1.54) is 17.9 Å². The van der Waals surface area contributed by atoms with Crippen LogP contribution in [0.1, 0.15) is 27.2 Å². The monoisotopic (exact) mass is 246 g/mol. The average Bonchev–Trinajstić information content (AvgIpc) is 2.28. The van der Waals surface area contributed by atoms with Crippen LogP contribution in [0.2, 0.25) is 0 Å². The molecule has 1 heterocycles. The lowest BCUT2D eigenvalue weighted by Gasteiger charge is -2.41. The number of morpholine rings is 1. The van der Waals surface area contributed by atoms with E-state index < -0.39 is 0 Å². The summed E-state index contributed by atoms with van der Waals surface area (Å²) in [4.78, 5) is 2.53. The number of nitrogens with two attached hydrogens (primary N) is 1. The maximum Gasteiger partial charge on any atom is 0.0674 e. The molecule has 1 saturated heterocycles. The van der Waals surface area contributed by atoms with Crippen molar-refractivity contribution in [2.75, 3.05) is 31.2 Å². The first kappa shape index (κ1) is 14.3. The van der Waals surface area contributed by atoms with Gasteiger partial charge in [0, 0.05) is 25.2 Å². The summed E-state index contributed by atoms with van der Waals surface area (Å²) in [5.41, 5.74) is 5.90. The molecule has 3 unspecified atom stereocenters. The van der Waals surface area contributed by atoms with Gasteiger partial charge in [0.25, 0.3) is 0 Å². The van der Waals surface area contributed by atoms with Crippen LogP contribution in [0, 0.1) is 0 Å². The van der Waals surface area contributed by atoms with Crippen LogP contribution in [0.25, 0.3) is 0 Å². The van der Waals surface area contributed by atoms with Crippen LogP contribution in [-0.2, 0) is 4.74 Å². The minimum Gasteiger partial charge on any atom is -0.376 e. The summed E-state index contributed by atoms with van der Waals surface area (Å²) < 4.78 is 5.65. The highest BCUT2D eigenvalue weighted by Gasteiger charge is 2.28. The van der Waals surface area contributed by atoms with Crippen LogP contribution < -0.4 is 5.73 Å². The molecule has 1 fully saturated rings. The molecule has 0 radical (unpaired) electrons. The molecule has 3 atom stereocenters. The molecular formula is C12H26N2OS. The minimum absolute atomic E-state index is 0.351. The third kappa shape index (κ3) is 4.24. The lowest BCUT2D eigenvalue weighted by Crippen LogP contribution is -2.54. The standard InChI is InChI=1S/C12H26N2OS/c1-4-16-6-5-12(7-13)14-8-11(3)15-9-10(14)2/h10-12H,4-9,13H2,1-3H3. The van der Waals surface area contributed by atoms with E-state index in [2.05, 4.69) is 25.7 Å². The Morgan fingerprint density at radius 1 is 1.50 bits per heavy atom. The molecule has 1 rings (SSSR count). The van der Waals surface area contributed by atoms with Crippen molar-refractivity contribution in [1.82, 2.24) is 4.90 Å². The predicted octanol–water partition coefficient (Wildman–Crippen LogP) is 1.57. The van der Waals surface area contributed by atoms with Gasteiger partial charge in [0.15, 0.2) is 0 Å². The van der Waals surface area contributed by atoms with Crippen LogP contribution in [0.3, 0.4) is 0 Å². The summed E-state index contributed by atoms with van der Waals surface area (Å²) in [6.07, 6.45) is 1.55. The fraction of sp³-hybridized carbons (Fsp3) is 1.00. The lowest BCUT2D eigenvalue weighted by molar-refractivity contribution is -0.0649. The van der Waals surface area contributed by atoms with Crippen LogP contribution in [-0.4, -0.2) is 54.3 Å². The molecule has 0 aromatic carbocycles. The highest BCUT2D eigenvalue weighted by atomic mass is 32.2. The molecule has 0 aromatic rings. The third-order valence-corrected chi connectivity index (χ3v) is 4.13. The normalized spacial score (nSPS) is 29.2. The second-order valence-electron chi connectivity index (χ2n) is 4.56. The molecule has 0 spiro atoms. The largest absolute Gasteiger partial charge is 0.376 e. The van der Waals surface area contributed by atoms with Gasteiger partial charge in [-0.25, -0.2) is 0 Å². The molecule has 0 saturated carbocycles. The van der Waals surface area contributed by atoms with Crippen molar-refractivity contribution in [3.63, 3.8) is 0 Å². The Balaban J connectivity index is 2.42. The number of hydrogen-bond donors (Lipinski definition) is 1. The van der Waals surface area contributed by atoms with Crippen molar-refractivity contribution in [3.05, 3.63) is 0 Å². The maximum absolute atomic E-state index is 5.90. The first-order valence-corrected chi connectivity index (χ1v) is 7.49. The molecule has 4 heteroatoms. The van der Waals surface area contributed by atoms with Gasteiger partial charge >= 0.3 is 0 Å². The van der Waals surface area contributed by atoms with E-state index in [4.69, 9.17) is 10.5 Å². The van der Waals surface area contributed by atoms with Crippen molar-refractivity contribution >= 4 is 11.8 Å². The number of rotatable bonds is 6. The van der Waals surface area contributed by atoms with Gasteiger partial charge in [0.2, 0.25) is 0 Å². The van der Waals surface area contributed by atoms with Gasteiger partial charge in [-0.2, -0.15) is 11.8 Å². The number of thioether (sulfide) groups is 1. The topological polar surface area (TPSA) is 38.5 Å². The SMILES string of the molecule is CCSCCC(CN)N1CC(C)OCC1C. The smallest absolute Gasteiger partial charge is 0.0674 e. The summed E-state index contributed by atoms with van der Waals surface area (Å²) in [5, 5.41) is 0. The van der Waals surface area contributed by atoms with E-state index in [0.29, 0.717) is 18.2 Å². The summed E-state index contributed by atoms with van der Waals surface area (Å²) in [7, 11) is 0. The van der Waals surface area contributed by atoms with E-state index in [0.717, 1.165) is 19.7 Å². The Morgan fingerprint density at radius 2 is 2.25 bits per heavy atom. The highest BCUT2D eigenvalue weighted by molar-refractivity contribution is 7.99. The predicted molar refractivity (Wildman–Crippen MR) is 72.0 cm³/mol. The fourth-order valence-corrected chi connectivity index (χ4v) is 2.95. The number of ether oxygens (including phenoxy) is 1. The van der Waals surface area contributed by atoms with Crippen molar-refractivity contribution in [1.29, 1.82) is 0 Å². The van der Waals surface area contributed by atoms with E-state index in [-0.39, 0.29) is 0 Å². The molecule has 1 aliphatic heterocycles. The van der Waals surface area contributed by atoms with Gasteiger partial charge in [-0.15, -0.1) is 0 Å². The molecule has 0 aromatic heterocycles. The fourth-order valence-electron chi connectivity index (χ4n) is 2.22. The average molecular weight is 246 g/mol. The number of hydrogen-bond acceptors (Lipinski definition) is 4. The second-order valence-corrected chi connectivity index (χ2v) is 5.96. The Bertz CT molecular complexity index is 192. The molecule has 0 aliphatic carbocycles. The van der Waals surface area contributed by atoms with Crippen molar-refractivity contribution in [2.24, 2.45) is 5.73 Å². The maximum atomic E-state index is 5.90. The van der Waals surface area contributed by atoms with Crippen molar-refractivity contribution < 1.29 is 4.74 Å². The quantitative estimate of drug-likeness (QED) is 0.722. The van der Waals surface area contributed by atoms with Crippen LogP contribution >= 0.6 is 11.8 Å². The summed E-state index contributed by atoms with van der Waals surface area (Å²) in [6.45, 7) is 9.23. The van der Waals surface area contributed by atoms with Gasteiger partial charge < -0.3 is 10.5 Å². The Morgan fingerprint density at radius 3 is 2.88 bits per heavy atom. The van der Waals surface area contributed by atoms with Gasteiger partial charge in [-0.1, -0.05) is 6.92 Å². The first-order chi connectivity index (χ1) is 7.69. The van der Waals surface area contributed by atoms with Crippen molar-refractivity contribution in [2.45, 2.75) is 45.4 Å². The van der Waals surface area contributed by atoms with Crippen LogP contribution in [0.15, 0.2) is 0 Å². The van der Waals surface area contributed by atoms with Crippen LogP contribution in [0.4, 0.5) is 0 Å². The molecule has 96 valence electrons. The van der Waals surface area contributed by atoms with E-state index >= 15 is 0 Å². The first-order valence-electron chi connectivity index (χ1n) is 6.34. The Hall–Kier alpha value is 0.230. The Kier molecular flexibility index (Phi) is 6.73. The van der Waals surface area contributed by atoms with Gasteiger partial charge in [-0.05, 0) is 31.8 Å². The van der Waals surface area contributed by atoms with Gasteiger partial charge in [0.05, 0.1) is 12.7 Å². The number of nitrogens with zero attached hydrogens (tertiary/aromatic N) is 1. The molecule has 0 amide bonds. The lowest BCUT2D eigenvalue weighted by atomic mass is 10.1. The molecule has 2 N–H and O–H groups in total. The molecule has 3 nitrogen and oxygen atoms in total. The van der Waals surface area contributed by atoms with Crippen LogP contribution in [0.5, 0.6) is 0 Å². The summed E-state index contributed by atoms with van der Waals surface area (Å²) in [5.74, 6) is 2.42. The second kappa shape index (κ2) is 7.54. The van der Waals surface area contributed by atoms with E-state index in [1.54, 1.807) is 0 Å². The molecular weight excluding hydrogens is 220 g/mol. The molecule has 16 heavy (non-hydrogen) atoms. The summed E-state index contributed by atoms with van der Waals surface area (Å²) >= 11 is 2.00. The van der Waals surface area contributed by atoms with Crippen molar-refractivity contribution in [3.8, 4) is 0 Å². The zero-order chi connectivity index (χ0) is 12.0. The molecule has 1 aliphatic rings. The molecule has 0 bridgehead atoms. The summed E-state index contributed by atoms with van der Waals surface area (Å²) in [6, 6.07) is 1.04. The Labute approximate surface area is 104 Å². The van der Waals surface area contributed by atoms with E-state index in [9.17, 15) is 0 Å².